The van der Waals surface area contributed by atoms with Crippen LogP contribution < -0.4 is 4.74 Å². The third-order valence-corrected chi connectivity index (χ3v) is 6.51. The predicted molar refractivity (Wildman–Crippen MR) is 148 cm³/mol. The Morgan fingerprint density at radius 3 is 2.61 bits per heavy atom. The first-order valence-electron chi connectivity index (χ1n) is 10.9. The van der Waals surface area contributed by atoms with Gasteiger partial charge >= 0.3 is 5.97 Å². The van der Waals surface area contributed by atoms with E-state index in [-0.39, 0.29) is 25.3 Å². The van der Waals surface area contributed by atoms with E-state index in [4.69, 9.17) is 56.9 Å². The van der Waals surface area contributed by atoms with E-state index >= 15 is 0 Å². The third kappa shape index (κ3) is 7.20. The minimum Gasteiger partial charge on any atom is -0.504 e. The van der Waals surface area contributed by atoms with Gasteiger partial charge in [0, 0.05) is 35.3 Å². The molecule has 0 saturated carbocycles. The monoisotopic (exact) mass is 567 g/mol. The van der Waals surface area contributed by atoms with Gasteiger partial charge in [0.2, 0.25) is 0 Å². The normalized spacial score (nSPS) is 11.5. The van der Waals surface area contributed by atoms with Crippen LogP contribution in [0, 0.1) is 0 Å². The molecule has 7 nitrogen and oxygen atoms in total. The van der Waals surface area contributed by atoms with Crippen LogP contribution in [0.3, 0.4) is 0 Å². The van der Waals surface area contributed by atoms with Gasteiger partial charge in [0.05, 0.1) is 28.9 Å². The van der Waals surface area contributed by atoms with Crippen LogP contribution in [-0.2, 0) is 18.3 Å². The smallest absolute Gasteiger partial charge is 0.303 e. The van der Waals surface area contributed by atoms with E-state index in [2.05, 4.69) is 10.1 Å². The average Bonchev–Trinajstić information content (AvgIpc) is 3.12. The number of halogens is 3. The molecule has 2 N–H and O–H groups in total. The first-order chi connectivity index (χ1) is 17.1. The second-order valence-corrected chi connectivity index (χ2v) is 9.84. The zero-order valence-electron chi connectivity index (χ0n) is 19.6. The molecular weight excluding hydrogens is 545 g/mol. The van der Waals surface area contributed by atoms with E-state index in [1.807, 2.05) is 6.07 Å². The van der Waals surface area contributed by atoms with E-state index in [0.29, 0.717) is 61.2 Å². The molecular formula is C25H24Cl3N3O4S. The van der Waals surface area contributed by atoms with Gasteiger partial charge in [-0.2, -0.15) is 5.10 Å². The lowest BCUT2D eigenvalue weighted by Crippen LogP contribution is -2.09. The van der Waals surface area contributed by atoms with Gasteiger partial charge in [-0.25, -0.2) is 0 Å². The van der Waals surface area contributed by atoms with Gasteiger partial charge < -0.3 is 14.9 Å². The van der Waals surface area contributed by atoms with Crippen molar-refractivity contribution in [2.45, 2.75) is 26.2 Å². The van der Waals surface area contributed by atoms with Gasteiger partial charge in [-0.15, -0.1) is 0 Å². The van der Waals surface area contributed by atoms with Gasteiger partial charge in [0.1, 0.15) is 17.1 Å². The molecule has 0 bridgehead atoms. The standard InChI is InChI=1S/C25H24Cl3N3O4S/c1-14(23-25(34)24(31(2)30-23)16-6-8-19(27)20(28)11-16)29-13-18(36)10-15-5-7-17(26)12-21(15)35-9-3-4-22(32)33/h5-8,11-12,34H,3-4,9-10,13H2,1-2H3,(H,32,33). The SMILES string of the molecule is CC(=NCC(=S)Cc1ccc(Cl)cc1OCCCC(=O)O)c1nn(C)c(-c2ccc(Cl)c(Cl)c2)c1O. The first-order valence-corrected chi connectivity index (χ1v) is 12.5. The molecule has 0 aliphatic rings. The number of nitrogens with zero attached hydrogens (tertiary/aromatic N) is 3. The molecule has 36 heavy (non-hydrogen) atoms. The summed E-state index contributed by atoms with van der Waals surface area (Å²) in [6.07, 6.45) is 0.822. The van der Waals surface area contributed by atoms with Crippen molar-refractivity contribution in [3.8, 4) is 22.8 Å². The lowest BCUT2D eigenvalue weighted by molar-refractivity contribution is -0.137. The van der Waals surface area contributed by atoms with E-state index in [1.54, 1.807) is 49.0 Å². The van der Waals surface area contributed by atoms with Crippen molar-refractivity contribution in [3.63, 3.8) is 0 Å². The summed E-state index contributed by atoms with van der Waals surface area (Å²) in [5, 5.41) is 25.4. The number of hydrogen-bond donors (Lipinski definition) is 2. The predicted octanol–water partition coefficient (Wildman–Crippen LogP) is 6.42. The fraction of sp³-hybridized carbons (Fsp3) is 0.280. The van der Waals surface area contributed by atoms with Crippen LogP contribution in [0.4, 0.5) is 0 Å². The molecule has 0 amide bonds. The molecule has 0 saturated heterocycles. The topological polar surface area (TPSA) is 96.9 Å². The van der Waals surface area contributed by atoms with Crippen LogP contribution in [0.2, 0.25) is 15.1 Å². The van der Waals surface area contributed by atoms with Crippen molar-refractivity contribution < 1.29 is 19.7 Å². The highest BCUT2D eigenvalue weighted by Gasteiger charge is 2.20. The number of thiocarbonyl (C=S) groups is 1. The number of carboxylic acid groups (broad SMARTS) is 1. The second kappa shape index (κ2) is 12.5. The lowest BCUT2D eigenvalue weighted by Gasteiger charge is -2.12. The van der Waals surface area contributed by atoms with Crippen LogP contribution in [0.25, 0.3) is 11.3 Å². The maximum Gasteiger partial charge on any atom is 0.303 e. The molecule has 0 aliphatic heterocycles. The van der Waals surface area contributed by atoms with E-state index in [1.165, 1.54) is 0 Å². The van der Waals surface area contributed by atoms with Crippen molar-refractivity contribution in [1.29, 1.82) is 0 Å². The molecule has 11 heteroatoms. The minimum atomic E-state index is -0.873. The Morgan fingerprint density at radius 2 is 1.92 bits per heavy atom. The second-order valence-electron chi connectivity index (χ2n) is 8.01. The Hall–Kier alpha value is -2.65. The highest BCUT2D eigenvalue weighted by atomic mass is 35.5. The number of benzene rings is 2. The maximum absolute atomic E-state index is 10.9. The fourth-order valence-corrected chi connectivity index (χ4v) is 4.17. The number of carboxylic acids is 1. The third-order valence-electron chi connectivity index (χ3n) is 5.26. The molecule has 0 radical (unpaired) electrons. The summed E-state index contributed by atoms with van der Waals surface area (Å²) in [6, 6.07) is 10.3. The Balaban J connectivity index is 1.71. The molecule has 2 aromatic carbocycles. The molecule has 1 heterocycles. The highest BCUT2D eigenvalue weighted by Crippen LogP contribution is 2.35. The van der Waals surface area contributed by atoms with Gasteiger partial charge in [-0.05, 0) is 43.2 Å². The Labute approximate surface area is 229 Å². The quantitative estimate of drug-likeness (QED) is 0.157. The number of aryl methyl sites for hydroxylation is 1. The zero-order valence-corrected chi connectivity index (χ0v) is 22.7. The Kier molecular flexibility index (Phi) is 9.73. The van der Waals surface area contributed by atoms with Crippen LogP contribution in [0.1, 0.15) is 31.0 Å². The molecule has 3 aromatic rings. The summed E-state index contributed by atoms with van der Waals surface area (Å²) >= 11 is 23.8. The van der Waals surface area contributed by atoms with Crippen LogP contribution >= 0.6 is 47.0 Å². The van der Waals surface area contributed by atoms with E-state index in [9.17, 15) is 9.90 Å². The van der Waals surface area contributed by atoms with Gasteiger partial charge in [-0.1, -0.05) is 59.2 Å². The van der Waals surface area contributed by atoms with Gasteiger partial charge in [0.25, 0.3) is 0 Å². The lowest BCUT2D eigenvalue weighted by atomic mass is 10.1. The van der Waals surface area contributed by atoms with Crippen LogP contribution in [-0.4, -0.2) is 49.7 Å². The molecule has 0 spiro atoms. The van der Waals surface area contributed by atoms with Crippen LogP contribution in [0.5, 0.6) is 11.5 Å². The largest absolute Gasteiger partial charge is 0.504 e. The van der Waals surface area contributed by atoms with Crippen molar-refractivity contribution in [2.24, 2.45) is 12.0 Å². The summed E-state index contributed by atoms with van der Waals surface area (Å²) < 4.78 is 7.31. The Bertz CT molecular complexity index is 1320. The molecule has 1 aromatic heterocycles. The molecule has 0 aliphatic carbocycles. The fourth-order valence-electron chi connectivity index (χ4n) is 3.49. The molecule has 190 valence electrons. The average molecular weight is 569 g/mol. The summed E-state index contributed by atoms with van der Waals surface area (Å²) in [5.41, 5.74) is 2.86. The maximum atomic E-state index is 10.9. The van der Waals surface area contributed by atoms with Crippen molar-refractivity contribution in [1.82, 2.24) is 9.78 Å². The summed E-state index contributed by atoms with van der Waals surface area (Å²) in [5.74, 6) is -0.329. The van der Waals surface area contributed by atoms with Crippen molar-refractivity contribution in [2.75, 3.05) is 13.2 Å². The van der Waals surface area contributed by atoms with E-state index < -0.39 is 5.97 Å². The van der Waals surface area contributed by atoms with Crippen LogP contribution in [0.15, 0.2) is 41.4 Å². The number of ether oxygens (including phenoxy) is 1. The van der Waals surface area contributed by atoms with Gasteiger partial charge in [0.15, 0.2) is 5.75 Å². The Morgan fingerprint density at radius 1 is 1.17 bits per heavy atom. The highest BCUT2D eigenvalue weighted by molar-refractivity contribution is 7.80. The minimum absolute atomic E-state index is 0.0159. The number of aromatic hydroxyl groups is 1. The summed E-state index contributed by atoms with van der Waals surface area (Å²) in [4.78, 5) is 15.9. The molecule has 0 fully saturated rings. The van der Waals surface area contributed by atoms with Crippen molar-refractivity contribution in [3.05, 3.63) is 62.7 Å². The van der Waals surface area contributed by atoms with E-state index in [0.717, 1.165) is 5.56 Å². The summed E-state index contributed by atoms with van der Waals surface area (Å²) in [7, 11) is 1.72. The number of carbonyl (C=O) groups is 1. The van der Waals surface area contributed by atoms with Gasteiger partial charge in [-0.3, -0.25) is 14.5 Å². The molecule has 3 rings (SSSR count). The number of aromatic nitrogens is 2. The first kappa shape index (κ1) is 27.9. The summed E-state index contributed by atoms with van der Waals surface area (Å²) in [6.45, 7) is 2.24. The number of aliphatic carboxylic acids is 1. The van der Waals surface area contributed by atoms with Crippen molar-refractivity contribution >= 4 is 63.6 Å². The number of rotatable bonds is 11. The molecule has 0 atom stereocenters. The molecule has 0 unspecified atom stereocenters. The number of hydrogen-bond acceptors (Lipinski definition) is 6. The zero-order chi connectivity index (χ0) is 26.4. The number of aliphatic imine (C=N–C) groups is 1.